The van der Waals surface area contributed by atoms with Crippen molar-refractivity contribution in [3.63, 3.8) is 0 Å². The topological polar surface area (TPSA) is 8.17 Å². The highest BCUT2D eigenvalue weighted by Gasteiger charge is 2.17. The van der Waals surface area contributed by atoms with E-state index in [1.165, 1.54) is 97.6 Å². The summed E-state index contributed by atoms with van der Waals surface area (Å²) in [6.45, 7) is 0. The molecule has 0 aliphatic carbocycles. The van der Waals surface area contributed by atoms with Crippen LogP contribution in [0.5, 0.6) is 0 Å². The molecule has 0 saturated heterocycles. The van der Waals surface area contributed by atoms with Crippen LogP contribution in [0.25, 0.3) is 103 Å². The third-order valence-electron chi connectivity index (χ3n) is 13.7. The summed E-state index contributed by atoms with van der Waals surface area (Å²) in [6, 6.07) is 97.2. The van der Waals surface area contributed by atoms with Gasteiger partial charge in [0.25, 0.3) is 0 Å². The van der Waals surface area contributed by atoms with Gasteiger partial charge in [-0.2, -0.15) is 0 Å². The monoisotopic (exact) mass is 896 g/mol. The van der Waals surface area contributed by atoms with Crippen LogP contribution in [-0.2, 0) is 0 Å². The zero-order chi connectivity index (χ0) is 45.7. The Morgan fingerprint density at radius 1 is 0.275 bits per heavy atom. The van der Waals surface area contributed by atoms with E-state index in [2.05, 4.69) is 276 Å². The van der Waals surface area contributed by atoms with Gasteiger partial charge in [0.2, 0.25) is 0 Å². The van der Waals surface area contributed by atoms with Crippen LogP contribution in [0, 0.1) is 0 Å². The number of para-hydroxylation sites is 1. The summed E-state index contributed by atoms with van der Waals surface area (Å²) in [7, 11) is 0. The van der Waals surface area contributed by atoms with Gasteiger partial charge in [-0.25, -0.2) is 0 Å². The van der Waals surface area contributed by atoms with Gasteiger partial charge in [-0.3, -0.25) is 0 Å². The van der Waals surface area contributed by atoms with Crippen LogP contribution in [0.4, 0.5) is 17.1 Å². The molecule has 0 amide bonds. The van der Waals surface area contributed by atoms with E-state index >= 15 is 0 Å². The van der Waals surface area contributed by atoms with E-state index in [4.69, 9.17) is 0 Å². The van der Waals surface area contributed by atoms with Crippen molar-refractivity contribution in [1.29, 1.82) is 0 Å². The van der Waals surface area contributed by atoms with Gasteiger partial charge in [0.1, 0.15) is 0 Å². The molecule has 0 bridgehead atoms. The second-order valence-corrected chi connectivity index (χ2v) is 18.7. The Labute approximate surface area is 405 Å². The van der Waals surface area contributed by atoms with Crippen LogP contribution in [0.3, 0.4) is 0 Å². The number of hydrogen-bond donors (Lipinski definition) is 0. The summed E-state index contributed by atoms with van der Waals surface area (Å²) in [5.74, 6) is 0. The Morgan fingerprint density at radius 2 is 0.696 bits per heavy atom. The lowest BCUT2D eigenvalue weighted by Crippen LogP contribution is -2.09. The fraction of sp³-hybridized carbons (Fsp3) is 0. The first-order valence-corrected chi connectivity index (χ1v) is 24.4. The lowest BCUT2D eigenvalue weighted by Gasteiger charge is -2.26. The number of rotatable bonds is 9. The normalized spacial score (nSPS) is 11.5. The van der Waals surface area contributed by atoms with Gasteiger partial charge in [-0.15, -0.1) is 11.3 Å². The minimum Gasteiger partial charge on any atom is -0.311 e. The van der Waals surface area contributed by atoms with Crippen molar-refractivity contribution < 1.29 is 0 Å². The average Bonchev–Trinajstić information content (AvgIpc) is 3.98. The van der Waals surface area contributed by atoms with Gasteiger partial charge in [0, 0.05) is 53.7 Å². The number of aromatic nitrogens is 1. The molecule has 0 aliphatic heterocycles. The quantitative estimate of drug-likeness (QED) is 0.140. The number of nitrogens with zero attached hydrogens (tertiary/aromatic N) is 2. The number of benzene rings is 11. The molecule has 13 aromatic rings. The van der Waals surface area contributed by atoms with Crippen LogP contribution in [0.1, 0.15) is 0 Å². The fourth-order valence-corrected chi connectivity index (χ4v) is 11.4. The summed E-state index contributed by atoms with van der Waals surface area (Å²) in [6.07, 6.45) is 0. The van der Waals surface area contributed by atoms with Crippen molar-refractivity contribution in [2.75, 3.05) is 4.90 Å². The summed E-state index contributed by atoms with van der Waals surface area (Å²) < 4.78 is 5.04. The zero-order valence-corrected chi connectivity index (χ0v) is 38.5. The molecule has 69 heavy (non-hydrogen) atoms. The van der Waals surface area contributed by atoms with E-state index in [1.54, 1.807) is 0 Å². The van der Waals surface area contributed by atoms with Gasteiger partial charge in [-0.1, -0.05) is 194 Å². The third kappa shape index (κ3) is 7.37. The van der Waals surface area contributed by atoms with Crippen LogP contribution in [-0.4, -0.2) is 4.57 Å². The minimum absolute atomic E-state index is 1.09. The highest BCUT2D eigenvalue weighted by Crippen LogP contribution is 2.43. The predicted octanol–water partition coefficient (Wildman–Crippen LogP) is 19.0. The SMILES string of the molecule is c1ccc(-c2ccc(-c3ccc(N(c4ccc(-c5ccc6c(c5)c5ccccc5n6-c5ccc(-c6ccccc6)cc5)cc4)c4ccc(-c5cccc6c5sc5ccccc56)cc4)cc3)cc2)cc1. The van der Waals surface area contributed by atoms with E-state index in [0.29, 0.717) is 0 Å². The Hall–Kier alpha value is -8.76. The highest BCUT2D eigenvalue weighted by atomic mass is 32.1. The lowest BCUT2D eigenvalue weighted by molar-refractivity contribution is 1.18. The van der Waals surface area contributed by atoms with Crippen LogP contribution in [0.15, 0.2) is 267 Å². The Morgan fingerprint density at radius 3 is 1.29 bits per heavy atom. The minimum atomic E-state index is 1.09. The first-order chi connectivity index (χ1) is 34.2. The molecular formula is C66H44N2S. The third-order valence-corrected chi connectivity index (χ3v) is 14.9. The zero-order valence-electron chi connectivity index (χ0n) is 37.7. The number of fused-ring (bicyclic) bond motifs is 6. The van der Waals surface area contributed by atoms with Gasteiger partial charge in [0.15, 0.2) is 0 Å². The van der Waals surface area contributed by atoms with E-state index in [0.717, 1.165) is 22.7 Å². The second kappa shape index (κ2) is 17.2. The molecule has 0 aliphatic rings. The van der Waals surface area contributed by atoms with Crippen molar-refractivity contribution in [3.05, 3.63) is 267 Å². The van der Waals surface area contributed by atoms with Crippen molar-refractivity contribution in [1.82, 2.24) is 4.57 Å². The Bertz CT molecular complexity index is 3940. The maximum atomic E-state index is 2.39. The highest BCUT2D eigenvalue weighted by molar-refractivity contribution is 7.26. The number of hydrogen-bond acceptors (Lipinski definition) is 2. The van der Waals surface area contributed by atoms with Crippen LogP contribution < -0.4 is 4.90 Å². The first-order valence-electron chi connectivity index (χ1n) is 23.6. The molecule has 0 unspecified atom stereocenters. The second-order valence-electron chi connectivity index (χ2n) is 17.7. The molecule has 0 N–H and O–H groups in total. The summed E-state index contributed by atoms with van der Waals surface area (Å²) in [5.41, 5.74) is 18.9. The molecule has 2 nitrogen and oxygen atoms in total. The van der Waals surface area contributed by atoms with Crippen LogP contribution in [0.2, 0.25) is 0 Å². The van der Waals surface area contributed by atoms with Gasteiger partial charge in [-0.05, 0) is 128 Å². The van der Waals surface area contributed by atoms with Crippen molar-refractivity contribution in [3.8, 4) is 61.3 Å². The average molecular weight is 897 g/mol. The number of anilines is 3. The maximum absolute atomic E-state index is 2.39. The van der Waals surface area contributed by atoms with Crippen molar-refractivity contribution in [2.24, 2.45) is 0 Å². The molecular weight excluding hydrogens is 853 g/mol. The summed E-state index contributed by atoms with van der Waals surface area (Å²) in [5, 5.41) is 5.11. The fourth-order valence-electron chi connectivity index (χ4n) is 10.2. The lowest BCUT2D eigenvalue weighted by atomic mass is 9.99. The van der Waals surface area contributed by atoms with E-state index < -0.39 is 0 Å². The molecule has 13 rings (SSSR count). The van der Waals surface area contributed by atoms with E-state index in [-0.39, 0.29) is 0 Å². The van der Waals surface area contributed by atoms with Crippen LogP contribution >= 0.6 is 11.3 Å². The molecule has 0 fully saturated rings. The molecule has 0 saturated carbocycles. The molecule has 2 aromatic heterocycles. The predicted molar refractivity (Wildman–Crippen MR) is 296 cm³/mol. The maximum Gasteiger partial charge on any atom is 0.0541 e. The molecule has 0 atom stereocenters. The smallest absolute Gasteiger partial charge is 0.0541 e. The molecule has 2 heterocycles. The number of thiophene rings is 1. The standard InChI is InChI=1S/C66H44N2S/c1-3-12-45(13-4-1)47-22-24-48(25-23-47)50-26-35-54(36-27-50)67(56-41-32-52(33-42-56)58-18-11-19-61-60-17-8-10-21-65(60)69-66(58)61)55-37-30-51(31-38-55)53-34-43-64-62(44-53)59-16-7-9-20-63(59)68(64)57-39-28-49(29-40-57)46-14-5-2-6-15-46/h1-44H. The summed E-state index contributed by atoms with van der Waals surface area (Å²) in [4.78, 5) is 2.37. The summed E-state index contributed by atoms with van der Waals surface area (Å²) >= 11 is 1.87. The Kier molecular flexibility index (Phi) is 10.1. The first kappa shape index (κ1) is 40.5. The molecule has 324 valence electrons. The van der Waals surface area contributed by atoms with Crippen molar-refractivity contribution in [2.45, 2.75) is 0 Å². The van der Waals surface area contributed by atoms with Gasteiger partial charge >= 0.3 is 0 Å². The Balaban J connectivity index is 0.855. The van der Waals surface area contributed by atoms with E-state index in [1.807, 2.05) is 11.3 Å². The largest absolute Gasteiger partial charge is 0.311 e. The molecule has 11 aromatic carbocycles. The van der Waals surface area contributed by atoms with Gasteiger partial charge < -0.3 is 9.47 Å². The molecule has 3 heteroatoms. The molecule has 0 radical (unpaired) electrons. The van der Waals surface area contributed by atoms with Gasteiger partial charge in [0.05, 0.1) is 11.0 Å². The van der Waals surface area contributed by atoms with Crippen molar-refractivity contribution >= 4 is 70.4 Å². The molecule has 0 spiro atoms. The van der Waals surface area contributed by atoms with E-state index in [9.17, 15) is 0 Å².